The molecule has 0 saturated heterocycles. The van der Waals surface area contributed by atoms with Crippen LogP contribution in [0.15, 0.2) is 41.9 Å². The third-order valence-corrected chi connectivity index (χ3v) is 5.37. The third kappa shape index (κ3) is 2.73. The largest absolute Gasteiger partial charge is 0.316 e. The molecule has 0 unspecified atom stereocenters. The van der Waals surface area contributed by atoms with Crippen molar-refractivity contribution in [2.75, 3.05) is 11.4 Å². The van der Waals surface area contributed by atoms with Gasteiger partial charge in [0.15, 0.2) is 0 Å². The second-order valence-corrected chi connectivity index (χ2v) is 6.97. The predicted molar refractivity (Wildman–Crippen MR) is 97.7 cm³/mol. The normalized spacial score (nSPS) is 13.4. The van der Waals surface area contributed by atoms with Gasteiger partial charge >= 0.3 is 0 Å². The van der Waals surface area contributed by atoms with Crippen molar-refractivity contribution in [3.63, 3.8) is 0 Å². The fraction of sp³-hybridized carbons (Fsp3) is 0.211. The highest BCUT2D eigenvalue weighted by atomic mass is 32.1. The lowest BCUT2D eigenvalue weighted by atomic mass is 10.1. The van der Waals surface area contributed by atoms with E-state index in [0.29, 0.717) is 18.1 Å². The van der Waals surface area contributed by atoms with Crippen LogP contribution in [0.1, 0.15) is 27.2 Å². The zero-order chi connectivity index (χ0) is 17.4. The smallest absolute Gasteiger partial charge is 0.270 e. The minimum atomic E-state index is 0.0105. The molecule has 2 aromatic heterocycles. The van der Waals surface area contributed by atoms with Crippen LogP contribution in [0, 0.1) is 18.3 Å². The van der Waals surface area contributed by atoms with Gasteiger partial charge in [-0.05, 0) is 42.5 Å². The maximum atomic E-state index is 12.9. The molecule has 0 radical (unpaired) electrons. The molecule has 1 aliphatic heterocycles. The fourth-order valence-electron chi connectivity index (χ4n) is 3.08. The van der Waals surface area contributed by atoms with Crippen LogP contribution in [-0.2, 0) is 6.54 Å². The van der Waals surface area contributed by atoms with E-state index < -0.39 is 0 Å². The maximum Gasteiger partial charge on any atom is 0.270 e. The molecule has 0 atom stereocenters. The number of carbonyl (C=O) groups is 1. The molecule has 4 rings (SSSR count). The number of carbonyl (C=O) groups excluding carboxylic acids is 1. The van der Waals surface area contributed by atoms with Crippen LogP contribution < -0.4 is 4.90 Å². The van der Waals surface area contributed by atoms with E-state index >= 15 is 0 Å². The molecule has 0 saturated carbocycles. The molecule has 124 valence electrons. The van der Waals surface area contributed by atoms with Gasteiger partial charge in [-0.3, -0.25) is 9.69 Å². The van der Waals surface area contributed by atoms with E-state index in [1.807, 2.05) is 47.3 Å². The van der Waals surface area contributed by atoms with Gasteiger partial charge in [0.05, 0.1) is 22.2 Å². The Labute approximate surface area is 149 Å². The van der Waals surface area contributed by atoms with Crippen molar-refractivity contribution in [2.45, 2.75) is 19.9 Å². The van der Waals surface area contributed by atoms with E-state index in [1.54, 1.807) is 11.0 Å². The number of nitriles is 1. The average Bonchev–Trinajstić information content (AvgIpc) is 3.27. The number of benzene rings is 1. The van der Waals surface area contributed by atoms with E-state index in [-0.39, 0.29) is 5.91 Å². The van der Waals surface area contributed by atoms with Crippen molar-refractivity contribution in [1.29, 1.82) is 5.26 Å². The Balaban J connectivity index is 1.73. The molecule has 0 fully saturated rings. The predicted octanol–water partition coefficient (Wildman–Crippen LogP) is 3.84. The van der Waals surface area contributed by atoms with Crippen LogP contribution >= 0.6 is 11.3 Å². The molecule has 3 aromatic rings. The summed E-state index contributed by atoms with van der Waals surface area (Å²) < 4.78 is 2.03. The van der Waals surface area contributed by atoms with E-state index in [1.165, 1.54) is 11.3 Å². The summed E-state index contributed by atoms with van der Waals surface area (Å²) in [6.07, 6.45) is 2.86. The van der Waals surface area contributed by atoms with Crippen LogP contribution in [0.2, 0.25) is 0 Å². The summed E-state index contributed by atoms with van der Waals surface area (Å²) in [5.41, 5.74) is 3.28. The molecule has 1 aliphatic rings. The number of aromatic nitrogens is 2. The highest BCUT2D eigenvalue weighted by molar-refractivity contribution is 7.12. The molecule has 5 nitrogen and oxygen atoms in total. The second-order valence-electron chi connectivity index (χ2n) is 6.06. The summed E-state index contributed by atoms with van der Waals surface area (Å²) in [4.78, 5) is 20.2. The Morgan fingerprint density at radius 3 is 2.96 bits per heavy atom. The lowest BCUT2D eigenvalue weighted by molar-refractivity contribution is 0.0984. The van der Waals surface area contributed by atoms with Crippen LogP contribution in [0.3, 0.4) is 0 Å². The number of nitrogens with zero attached hydrogens (tertiary/aromatic N) is 4. The van der Waals surface area contributed by atoms with E-state index in [4.69, 9.17) is 10.2 Å². The lowest BCUT2D eigenvalue weighted by Crippen LogP contribution is -2.37. The molecular weight excluding hydrogens is 332 g/mol. The molecule has 0 spiro atoms. The summed E-state index contributed by atoms with van der Waals surface area (Å²) in [7, 11) is 0. The minimum absolute atomic E-state index is 0.0105. The van der Waals surface area contributed by atoms with Crippen molar-refractivity contribution in [3.8, 4) is 17.3 Å². The molecule has 25 heavy (non-hydrogen) atoms. The van der Waals surface area contributed by atoms with Crippen molar-refractivity contribution < 1.29 is 4.79 Å². The van der Waals surface area contributed by atoms with E-state index in [0.717, 1.165) is 34.7 Å². The molecule has 0 bridgehead atoms. The van der Waals surface area contributed by atoms with Crippen LogP contribution in [0.4, 0.5) is 5.95 Å². The number of amides is 1. The topological polar surface area (TPSA) is 61.9 Å². The Hall–Kier alpha value is -2.91. The lowest BCUT2D eigenvalue weighted by Gasteiger charge is -2.26. The molecule has 6 heteroatoms. The quantitative estimate of drug-likeness (QED) is 0.707. The van der Waals surface area contributed by atoms with Gasteiger partial charge in [-0.2, -0.15) is 5.26 Å². The monoisotopic (exact) mass is 348 g/mol. The van der Waals surface area contributed by atoms with Gasteiger partial charge in [0.1, 0.15) is 0 Å². The molecule has 1 amide bonds. The number of rotatable bonds is 2. The zero-order valence-corrected chi connectivity index (χ0v) is 14.6. The second kappa shape index (κ2) is 6.19. The van der Waals surface area contributed by atoms with Crippen molar-refractivity contribution in [3.05, 3.63) is 57.9 Å². The fourth-order valence-corrected chi connectivity index (χ4v) is 3.95. The molecule has 1 aromatic carbocycles. The molecule has 0 N–H and O–H groups in total. The van der Waals surface area contributed by atoms with Crippen LogP contribution in [0.5, 0.6) is 0 Å². The van der Waals surface area contributed by atoms with Crippen LogP contribution in [0.25, 0.3) is 11.3 Å². The van der Waals surface area contributed by atoms with Crippen molar-refractivity contribution in [2.24, 2.45) is 0 Å². The zero-order valence-electron chi connectivity index (χ0n) is 13.8. The number of fused-ring (bicyclic) bond motifs is 1. The molecule has 0 aliphatic carbocycles. The first-order chi connectivity index (χ1) is 12.2. The maximum absolute atomic E-state index is 12.9. The van der Waals surface area contributed by atoms with Crippen molar-refractivity contribution in [1.82, 2.24) is 9.55 Å². The van der Waals surface area contributed by atoms with Gasteiger partial charge in [-0.1, -0.05) is 12.1 Å². The third-order valence-electron chi connectivity index (χ3n) is 4.37. The molecular formula is C19H16N4OS. The Morgan fingerprint density at radius 2 is 2.20 bits per heavy atom. The van der Waals surface area contributed by atoms with Gasteiger partial charge < -0.3 is 4.57 Å². The summed E-state index contributed by atoms with van der Waals surface area (Å²) >= 11 is 1.47. The number of hydrogen-bond acceptors (Lipinski definition) is 4. The first kappa shape index (κ1) is 15.6. The summed E-state index contributed by atoms with van der Waals surface area (Å²) in [5.74, 6) is 0.692. The van der Waals surface area contributed by atoms with E-state index in [9.17, 15) is 4.79 Å². The summed E-state index contributed by atoms with van der Waals surface area (Å²) in [6, 6.07) is 11.5. The minimum Gasteiger partial charge on any atom is -0.316 e. The number of thiophene rings is 1. The summed E-state index contributed by atoms with van der Waals surface area (Å²) in [6.45, 7) is 3.47. The highest BCUT2D eigenvalue weighted by Gasteiger charge is 2.27. The van der Waals surface area contributed by atoms with Gasteiger partial charge in [-0.25, -0.2) is 4.98 Å². The van der Waals surface area contributed by atoms with Crippen molar-refractivity contribution >= 4 is 23.2 Å². The Morgan fingerprint density at radius 1 is 1.32 bits per heavy atom. The highest BCUT2D eigenvalue weighted by Crippen LogP contribution is 2.29. The Kier molecular flexibility index (Phi) is 3.86. The van der Waals surface area contributed by atoms with E-state index in [2.05, 4.69) is 6.07 Å². The van der Waals surface area contributed by atoms with Gasteiger partial charge in [0, 0.05) is 24.8 Å². The van der Waals surface area contributed by atoms with Gasteiger partial charge in [0.2, 0.25) is 5.95 Å². The molecule has 3 heterocycles. The number of hydrogen-bond donors (Lipinski definition) is 0. The van der Waals surface area contributed by atoms with Crippen LogP contribution in [-0.4, -0.2) is 22.0 Å². The standard InChI is InChI=1S/C19H16N4OS/c1-13-6-9-25-17(13)18(24)23-8-3-7-22-12-16(21-19(22)23)15-5-2-4-14(10-15)11-20/h2,4-6,9-10,12H,3,7-8H2,1H3. The van der Waals surface area contributed by atoms with Gasteiger partial charge in [-0.15, -0.1) is 11.3 Å². The number of imidazole rings is 1. The SMILES string of the molecule is Cc1ccsc1C(=O)N1CCCn2cc(-c3cccc(C#N)c3)nc21. The first-order valence-electron chi connectivity index (χ1n) is 8.11. The van der Waals surface area contributed by atoms with Gasteiger partial charge in [0.25, 0.3) is 5.91 Å². The first-order valence-corrected chi connectivity index (χ1v) is 8.99. The summed E-state index contributed by atoms with van der Waals surface area (Å²) in [5, 5.41) is 11.0. The number of aryl methyl sites for hydroxylation is 2. The Bertz CT molecular complexity index is 995. The average molecular weight is 348 g/mol. The number of anilines is 1.